The van der Waals surface area contributed by atoms with E-state index in [1.807, 2.05) is 13.8 Å². The number of ketones is 1. The first-order valence-corrected chi connectivity index (χ1v) is 4.39. The molecule has 0 heterocycles. The second-order valence-corrected chi connectivity index (χ2v) is 3.83. The largest absolute Gasteiger partial charge is 0.327 e. The standard InChI is InChI=1S/C9H17NO/c1-6(2)9(11)5-8(10)7-3-4-7/h6-8H,3-5,10H2,1-2H3. The number of carbonyl (C=O) groups excluding carboxylic acids is 1. The van der Waals surface area contributed by atoms with Crippen molar-refractivity contribution in [2.24, 2.45) is 17.6 Å². The van der Waals surface area contributed by atoms with Crippen LogP contribution in [0.15, 0.2) is 0 Å². The number of hydrogen-bond donors (Lipinski definition) is 1. The molecule has 0 aliphatic heterocycles. The Morgan fingerprint density at radius 2 is 2.09 bits per heavy atom. The van der Waals surface area contributed by atoms with Gasteiger partial charge in [-0.3, -0.25) is 4.79 Å². The van der Waals surface area contributed by atoms with Gasteiger partial charge in [-0.1, -0.05) is 13.8 Å². The van der Waals surface area contributed by atoms with Crippen LogP contribution in [-0.4, -0.2) is 11.8 Å². The topological polar surface area (TPSA) is 43.1 Å². The molecule has 11 heavy (non-hydrogen) atoms. The second kappa shape index (κ2) is 3.35. The lowest BCUT2D eigenvalue weighted by Gasteiger charge is -2.10. The fourth-order valence-electron chi connectivity index (χ4n) is 1.16. The van der Waals surface area contributed by atoms with Gasteiger partial charge >= 0.3 is 0 Å². The highest BCUT2D eigenvalue weighted by molar-refractivity contribution is 5.80. The Morgan fingerprint density at radius 1 is 1.55 bits per heavy atom. The average Bonchev–Trinajstić information content (AvgIpc) is 2.67. The van der Waals surface area contributed by atoms with Crippen LogP contribution in [0.5, 0.6) is 0 Å². The summed E-state index contributed by atoms with van der Waals surface area (Å²) < 4.78 is 0. The van der Waals surface area contributed by atoms with Crippen LogP contribution in [0.1, 0.15) is 33.1 Å². The normalized spacial score (nSPS) is 20.4. The molecular formula is C9H17NO. The van der Waals surface area contributed by atoms with E-state index in [2.05, 4.69) is 0 Å². The molecule has 0 radical (unpaired) electrons. The summed E-state index contributed by atoms with van der Waals surface area (Å²) in [6.07, 6.45) is 3.04. The molecule has 1 fully saturated rings. The molecule has 2 nitrogen and oxygen atoms in total. The maximum Gasteiger partial charge on any atom is 0.136 e. The highest BCUT2D eigenvalue weighted by Gasteiger charge is 2.29. The zero-order chi connectivity index (χ0) is 8.43. The van der Waals surface area contributed by atoms with E-state index in [1.165, 1.54) is 12.8 Å². The predicted molar refractivity (Wildman–Crippen MR) is 45.2 cm³/mol. The van der Waals surface area contributed by atoms with E-state index < -0.39 is 0 Å². The van der Waals surface area contributed by atoms with Crippen LogP contribution in [0.4, 0.5) is 0 Å². The van der Waals surface area contributed by atoms with Gasteiger partial charge in [-0.2, -0.15) is 0 Å². The monoisotopic (exact) mass is 155 g/mol. The Balaban J connectivity index is 2.23. The van der Waals surface area contributed by atoms with Gasteiger partial charge in [-0.15, -0.1) is 0 Å². The molecule has 0 aromatic rings. The van der Waals surface area contributed by atoms with Gasteiger partial charge in [0, 0.05) is 18.4 Å². The van der Waals surface area contributed by atoms with Gasteiger partial charge in [-0.25, -0.2) is 0 Å². The molecule has 1 rings (SSSR count). The maximum absolute atomic E-state index is 11.2. The summed E-state index contributed by atoms with van der Waals surface area (Å²) in [5.74, 6) is 1.11. The Labute approximate surface area is 68.2 Å². The first-order valence-electron chi connectivity index (χ1n) is 4.39. The summed E-state index contributed by atoms with van der Waals surface area (Å²) in [7, 11) is 0. The average molecular weight is 155 g/mol. The third-order valence-electron chi connectivity index (χ3n) is 2.31. The predicted octanol–water partition coefficient (Wildman–Crippen LogP) is 1.34. The van der Waals surface area contributed by atoms with Gasteiger partial charge in [0.25, 0.3) is 0 Å². The highest BCUT2D eigenvalue weighted by Crippen LogP contribution is 2.33. The summed E-state index contributed by atoms with van der Waals surface area (Å²) in [4.78, 5) is 11.2. The summed E-state index contributed by atoms with van der Waals surface area (Å²) in [6.45, 7) is 3.86. The number of hydrogen-bond acceptors (Lipinski definition) is 2. The summed E-state index contributed by atoms with van der Waals surface area (Å²) >= 11 is 0. The fourth-order valence-corrected chi connectivity index (χ4v) is 1.16. The lowest BCUT2D eigenvalue weighted by atomic mass is 10.00. The molecule has 1 saturated carbocycles. The number of carbonyl (C=O) groups is 1. The van der Waals surface area contributed by atoms with Crippen molar-refractivity contribution in [2.75, 3.05) is 0 Å². The van der Waals surface area contributed by atoms with E-state index in [0.717, 1.165) is 0 Å². The Hall–Kier alpha value is -0.370. The first-order chi connectivity index (χ1) is 5.11. The zero-order valence-corrected chi connectivity index (χ0v) is 7.34. The summed E-state index contributed by atoms with van der Waals surface area (Å²) in [5, 5.41) is 0. The smallest absolute Gasteiger partial charge is 0.136 e. The second-order valence-electron chi connectivity index (χ2n) is 3.83. The van der Waals surface area contributed by atoms with Crippen molar-refractivity contribution in [3.8, 4) is 0 Å². The van der Waals surface area contributed by atoms with E-state index in [0.29, 0.717) is 18.1 Å². The van der Waals surface area contributed by atoms with Crippen molar-refractivity contribution in [3.05, 3.63) is 0 Å². The van der Waals surface area contributed by atoms with Crippen molar-refractivity contribution >= 4 is 5.78 Å². The quantitative estimate of drug-likeness (QED) is 0.665. The summed E-state index contributed by atoms with van der Waals surface area (Å²) in [6, 6.07) is 0.143. The number of Topliss-reactive ketones (excluding diaryl/α,β-unsaturated/α-hetero) is 1. The Bertz CT molecular complexity index is 150. The molecule has 0 aromatic heterocycles. The van der Waals surface area contributed by atoms with Crippen LogP contribution in [0.2, 0.25) is 0 Å². The van der Waals surface area contributed by atoms with Crippen LogP contribution >= 0.6 is 0 Å². The van der Waals surface area contributed by atoms with Crippen LogP contribution in [0, 0.1) is 11.8 Å². The minimum atomic E-state index is 0.143. The van der Waals surface area contributed by atoms with Crippen LogP contribution < -0.4 is 5.73 Å². The highest BCUT2D eigenvalue weighted by atomic mass is 16.1. The van der Waals surface area contributed by atoms with Crippen molar-refractivity contribution in [3.63, 3.8) is 0 Å². The minimum Gasteiger partial charge on any atom is -0.327 e. The van der Waals surface area contributed by atoms with Crippen LogP contribution in [0.25, 0.3) is 0 Å². The van der Waals surface area contributed by atoms with Gasteiger partial charge in [0.2, 0.25) is 0 Å². The van der Waals surface area contributed by atoms with E-state index in [9.17, 15) is 4.79 Å². The van der Waals surface area contributed by atoms with E-state index in [-0.39, 0.29) is 12.0 Å². The maximum atomic E-state index is 11.2. The van der Waals surface area contributed by atoms with Gasteiger partial charge in [0.15, 0.2) is 0 Å². The van der Waals surface area contributed by atoms with Crippen molar-refractivity contribution in [2.45, 2.75) is 39.2 Å². The van der Waals surface area contributed by atoms with Gasteiger partial charge in [0.1, 0.15) is 5.78 Å². The van der Waals surface area contributed by atoms with Crippen molar-refractivity contribution in [1.82, 2.24) is 0 Å². The molecule has 2 N–H and O–H groups in total. The van der Waals surface area contributed by atoms with Gasteiger partial charge in [0.05, 0.1) is 0 Å². The third-order valence-corrected chi connectivity index (χ3v) is 2.31. The molecule has 1 unspecified atom stereocenters. The SMILES string of the molecule is CC(C)C(=O)CC(N)C1CC1. The lowest BCUT2D eigenvalue weighted by Crippen LogP contribution is -2.27. The molecule has 1 atom stereocenters. The van der Waals surface area contributed by atoms with E-state index in [4.69, 9.17) is 5.73 Å². The molecule has 0 bridgehead atoms. The van der Waals surface area contributed by atoms with Gasteiger partial charge < -0.3 is 5.73 Å². The molecule has 1 aliphatic rings. The fraction of sp³-hybridized carbons (Fsp3) is 0.889. The zero-order valence-electron chi connectivity index (χ0n) is 7.34. The van der Waals surface area contributed by atoms with Crippen LogP contribution in [-0.2, 0) is 4.79 Å². The molecule has 0 saturated heterocycles. The van der Waals surface area contributed by atoms with Crippen molar-refractivity contribution in [1.29, 1.82) is 0 Å². The molecular weight excluding hydrogens is 138 g/mol. The van der Waals surface area contributed by atoms with Crippen molar-refractivity contribution < 1.29 is 4.79 Å². The summed E-state index contributed by atoms with van der Waals surface area (Å²) in [5.41, 5.74) is 5.80. The minimum absolute atomic E-state index is 0.143. The molecule has 0 spiro atoms. The van der Waals surface area contributed by atoms with Gasteiger partial charge in [-0.05, 0) is 18.8 Å². The molecule has 0 aromatic carbocycles. The first kappa shape index (κ1) is 8.72. The molecule has 1 aliphatic carbocycles. The number of rotatable bonds is 4. The third kappa shape index (κ3) is 2.62. The lowest BCUT2D eigenvalue weighted by molar-refractivity contribution is -0.122. The Morgan fingerprint density at radius 3 is 2.45 bits per heavy atom. The Kier molecular flexibility index (Phi) is 2.66. The molecule has 64 valence electrons. The number of nitrogens with two attached hydrogens (primary N) is 1. The molecule has 0 amide bonds. The molecule has 2 heteroatoms. The van der Waals surface area contributed by atoms with Crippen LogP contribution in [0.3, 0.4) is 0 Å². The van der Waals surface area contributed by atoms with E-state index in [1.54, 1.807) is 0 Å². The van der Waals surface area contributed by atoms with E-state index >= 15 is 0 Å².